The summed E-state index contributed by atoms with van der Waals surface area (Å²) in [5.74, 6) is 0. The summed E-state index contributed by atoms with van der Waals surface area (Å²) in [6.07, 6.45) is -1.19. The van der Waals surface area contributed by atoms with Gasteiger partial charge < -0.3 is 9.79 Å². The largest absolute Gasteiger partial charge is 0.325 e. The Morgan fingerprint density at radius 1 is 1.55 bits per heavy atom. The first-order chi connectivity index (χ1) is 4.95. The third-order valence-electron chi connectivity index (χ3n) is 1.03. The fourth-order valence-corrected chi connectivity index (χ4v) is 1.13. The first-order valence-corrected chi connectivity index (χ1v) is 4.82. The summed E-state index contributed by atoms with van der Waals surface area (Å²) in [5.41, 5.74) is 0. The van der Waals surface area contributed by atoms with Gasteiger partial charge in [-0.15, -0.1) is 0 Å². The van der Waals surface area contributed by atoms with E-state index in [9.17, 15) is 13.8 Å². The lowest BCUT2D eigenvalue weighted by Gasteiger charge is -2.02. The van der Waals surface area contributed by atoms with Crippen LogP contribution >= 0.6 is 7.60 Å². The molecule has 1 radical (unpaired) electrons. The Morgan fingerprint density at radius 3 is 2.45 bits per heavy atom. The van der Waals surface area contributed by atoms with Crippen LogP contribution in [0.4, 0.5) is 4.39 Å². The number of hydrogen-bond donors (Lipinski definition) is 2. The smallest absolute Gasteiger partial charge is 0.324 e. The van der Waals surface area contributed by atoms with Gasteiger partial charge in [0.2, 0.25) is 6.29 Å². The lowest BCUT2D eigenvalue weighted by atomic mass is 10.2. The van der Waals surface area contributed by atoms with Crippen molar-refractivity contribution in [2.45, 2.75) is 19.0 Å². The van der Waals surface area contributed by atoms with Crippen LogP contribution in [0.1, 0.15) is 12.8 Å². The van der Waals surface area contributed by atoms with Crippen molar-refractivity contribution < 1.29 is 23.5 Å². The zero-order valence-corrected chi connectivity index (χ0v) is 6.63. The van der Waals surface area contributed by atoms with Crippen LogP contribution in [-0.2, 0) is 9.36 Å². The molecule has 0 saturated heterocycles. The van der Waals surface area contributed by atoms with Gasteiger partial charge in [-0.1, -0.05) is 0 Å². The standard InChI is InChI=1S/C5H9FO4P/c6-5(4-7)2-1-3-11(8,9)10/h5H,1-3H2,(H2,8,9,10)/t5-/m0/s1. The molecule has 0 aliphatic rings. The van der Waals surface area contributed by atoms with Crippen molar-refractivity contribution in [2.75, 3.05) is 6.16 Å². The quantitative estimate of drug-likeness (QED) is 0.604. The molecular weight excluding hydrogens is 174 g/mol. The van der Waals surface area contributed by atoms with Crippen molar-refractivity contribution >= 4 is 13.9 Å². The van der Waals surface area contributed by atoms with Gasteiger partial charge in [0.1, 0.15) is 0 Å². The number of halogens is 1. The minimum Gasteiger partial charge on any atom is -0.324 e. The summed E-state index contributed by atoms with van der Waals surface area (Å²) >= 11 is 0. The molecule has 0 fully saturated rings. The Balaban J connectivity index is 3.42. The predicted molar refractivity (Wildman–Crippen MR) is 36.7 cm³/mol. The highest BCUT2D eigenvalue weighted by atomic mass is 31.2. The molecule has 11 heavy (non-hydrogen) atoms. The molecule has 0 bridgehead atoms. The van der Waals surface area contributed by atoms with E-state index in [2.05, 4.69) is 0 Å². The average Bonchev–Trinajstić information content (AvgIpc) is 1.85. The fourth-order valence-electron chi connectivity index (χ4n) is 0.535. The fraction of sp³-hybridized carbons (Fsp3) is 0.800. The van der Waals surface area contributed by atoms with Gasteiger partial charge in [-0.25, -0.2) is 4.39 Å². The summed E-state index contributed by atoms with van der Waals surface area (Å²) in [6.45, 7) is 0. The van der Waals surface area contributed by atoms with Gasteiger partial charge >= 0.3 is 7.60 Å². The van der Waals surface area contributed by atoms with E-state index >= 15 is 0 Å². The Morgan fingerprint density at radius 2 is 2.09 bits per heavy atom. The molecule has 0 heterocycles. The molecule has 65 valence electrons. The molecule has 0 aliphatic carbocycles. The van der Waals surface area contributed by atoms with E-state index in [0.717, 1.165) is 6.29 Å². The molecule has 0 unspecified atom stereocenters. The summed E-state index contributed by atoms with van der Waals surface area (Å²) in [5, 5.41) is 0. The molecule has 0 saturated carbocycles. The average molecular weight is 183 g/mol. The number of carbonyl (C=O) groups excluding carboxylic acids is 1. The second-order valence-corrected chi connectivity index (χ2v) is 3.89. The molecule has 0 amide bonds. The van der Waals surface area contributed by atoms with E-state index in [1.54, 1.807) is 0 Å². The Bertz CT molecular complexity index is 166. The van der Waals surface area contributed by atoms with Gasteiger partial charge in [0.25, 0.3) is 0 Å². The maximum atomic E-state index is 12.0. The van der Waals surface area contributed by atoms with Crippen molar-refractivity contribution in [3.63, 3.8) is 0 Å². The van der Waals surface area contributed by atoms with Gasteiger partial charge in [0.05, 0.1) is 0 Å². The monoisotopic (exact) mass is 183 g/mol. The molecule has 0 rings (SSSR count). The normalized spacial score (nSPS) is 14.5. The van der Waals surface area contributed by atoms with Crippen LogP contribution in [0.25, 0.3) is 0 Å². The third kappa shape index (κ3) is 7.65. The number of hydrogen-bond acceptors (Lipinski definition) is 2. The van der Waals surface area contributed by atoms with Crippen molar-refractivity contribution in [3.05, 3.63) is 0 Å². The summed E-state index contributed by atoms with van der Waals surface area (Å²) in [7, 11) is -4.03. The highest BCUT2D eigenvalue weighted by molar-refractivity contribution is 7.51. The van der Waals surface area contributed by atoms with Crippen LogP contribution in [-0.4, -0.2) is 28.4 Å². The first kappa shape index (κ1) is 10.8. The van der Waals surface area contributed by atoms with Gasteiger partial charge in [-0.3, -0.25) is 9.36 Å². The van der Waals surface area contributed by atoms with E-state index in [-0.39, 0.29) is 19.0 Å². The van der Waals surface area contributed by atoms with Crippen LogP contribution in [0.15, 0.2) is 0 Å². The molecule has 2 N–H and O–H groups in total. The van der Waals surface area contributed by atoms with Crippen LogP contribution in [0, 0.1) is 0 Å². The highest BCUT2D eigenvalue weighted by Crippen LogP contribution is 2.35. The van der Waals surface area contributed by atoms with Crippen LogP contribution < -0.4 is 0 Å². The molecule has 0 aliphatic heterocycles. The summed E-state index contributed by atoms with van der Waals surface area (Å²) in [6, 6.07) is 0. The SMILES string of the molecule is O=[C][C@@H](F)CCCP(=O)(O)O. The van der Waals surface area contributed by atoms with Gasteiger partial charge in [0.15, 0.2) is 6.17 Å². The second kappa shape index (κ2) is 4.59. The Hall–Kier alpha value is -0.250. The molecule has 6 heteroatoms. The Kier molecular flexibility index (Phi) is 4.49. The molecule has 0 spiro atoms. The zero-order chi connectivity index (χ0) is 8.91. The van der Waals surface area contributed by atoms with Gasteiger partial charge in [-0.05, 0) is 12.8 Å². The zero-order valence-electron chi connectivity index (χ0n) is 5.73. The van der Waals surface area contributed by atoms with Gasteiger partial charge in [-0.2, -0.15) is 0 Å². The second-order valence-electron chi connectivity index (χ2n) is 2.12. The van der Waals surface area contributed by atoms with E-state index in [1.807, 2.05) is 0 Å². The van der Waals surface area contributed by atoms with Crippen molar-refractivity contribution in [1.29, 1.82) is 0 Å². The minimum absolute atomic E-state index is 0.000679. The van der Waals surface area contributed by atoms with Crippen molar-refractivity contribution in [3.8, 4) is 0 Å². The van der Waals surface area contributed by atoms with E-state index in [4.69, 9.17) is 9.79 Å². The van der Waals surface area contributed by atoms with Gasteiger partial charge in [0, 0.05) is 6.16 Å². The van der Waals surface area contributed by atoms with E-state index < -0.39 is 13.8 Å². The van der Waals surface area contributed by atoms with Crippen molar-refractivity contribution in [2.24, 2.45) is 0 Å². The summed E-state index contributed by atoms with van der Waals surface area (Å²) in [4.78, 5) is 26.2. The molecule has 1 atom stereocenters. The highest BCUT2D eigenvalue weighted by Gasteiger charge is 2.14. The summed E-state index contributed by atoms with van der Waals surface area (Å²) < 4.78 is 22.2. The lowest BCUT2D eigenvalue weighted by molar-refractivity contribution is 0.356. The number of rotatable bonds is 5. The van der Waals surface area contributed by atoms with Crippen molar-refractivity contribution in [1.82, 2.24) is 0 Å². The topological polar surface area (TPSA) is 74.6 Å². The maximum absolute atomic E-state index is 12.0. The Labute approximate surface area is 63.6 Å². The van der Waals surface area contributed by atoms with Crippen LogP contribution in [0.2, 0.25) is 0 Å². The molecule has 0 aromatic heterocycles. The first-order valence-electron chi connectivity index (χ1n) is 3.02. The predicted octanol–water partition coefficient (Wildman–Crippen LogP) is 0.392. The lowest BCUT2D eigenvalue weighted by Crippen LogP contribution is -2.02. The number of alkyl halides is 1. The molecule has 0 aromatic carbocycles. The van der Waals surface area contributed by atoms with Crippen LogP contribution in [0.5, 0.6) is 0 Å². The molecule has 4 nitrogen and oxygen atoms in total. The van der Waals surface area contributed by atoms with Crippen LogP contribution in [0.3, 0.4) is 0 Å². The molecular formula is C5H9FO4P. The molecule has 0 aromatic rings. The van der Waals surface area contributed by atoms with E-state index in [0.29, 0.717) is 0 Å². The van der Waals surface area contributed by atoms with E-state index in [1.165, 1.54) is 0 Å². The maximum Gasteiger partial charge on any atom is 0.325 e. The third-order valence-corrected chi connectivity index (χ3v) is 1.93. The minimum atomic E-state index is -4.03.